The first-order valence-corrected chi connectivity index (χ1v) is 13.1. The zero-order valence-electron chi connectivity index (χ0n) is 21.3. The summed E-state index contributed by atoms with van der Waals surface area (Å²) in [5.41, 5.74) is 0.270. The third kappa shape index (κ3) is 5.21. The summed E-state index contributed by atoms with van der Waals surface area (Å²) in [6, 6.07) is 5.12. The van der Waals surface area contributed by atoms with Crippen LogP contribution in [0.3, 0.4) is 0 Å². The summed E-state index contributed by atoms with van der Waals surface area (Å²) in [6.45, 7) is 11.0. The van der Waals surface area contributed by atoms with Gasteiger partial charge in [0.25, 0.3) is 0 Å². The molecule has 0 spiro atoms. The second kappa shape index (κ2) is 11.1. The zero-order chi connectivity index (χ0) is 27.7. The average Bonchev–Trinajstić information content (AvgIpc) is 3.34. The Balaban J connectivity index is 1.56. The molecule has 3 aromatic rings. The normalized spacial score (nSPS) is 15.8. The molecule has 2 aromatic carbocycles. The summed E-state index contributed by atoms with van der Waals surface area (Å²) in [6.07, 6.45) is 3.24. The number of hydrogen-bond acceptors (Lipinski definition) is 7. The lowest BCUT2D eigenvalue weighted by atomic mass is 10.0. The van der Waals surface area contributed by atoms with Gasteiger partial charge in [0.1, 0.15) is 29.5 Å². The van der Waals surface area contributed by atoms with E-state index in [1.165, 1.54) is 24.3 Å². The number of allylic oxidation sites excluding steroid dienone is 1. The molecule has 1 aromatic heterocycles. The molecule has 204 valence electrons. The highest BCUT2D eigenvalue weighted by Gasteiger charge is 2.27. The second-order valence-electron chi connectivity index (χ2n) is 9.43. The molecule has 1 N–H and O–H groups in total. The average molecular weight is 556 g/mol. The standard InChI is InChI=1S/C28H28ClF2N5O3/c1-3-22(38)35-10-12-36(13-11-35)27-18-16-19(29)23(24-20(30)7-4-8-21(24)37)25(31)26(18)32-28(33-27)39-15-14-34-9-5-6-17(34)2/h3-4,7-8,16,37H,1-2,5-6,9-15H2. The summed E-state index contributed by atoms with van der Waals surface area (Å²) in [5.74, 6) is -1.96. The third-order valence-corrected chi connectivity index (χ3v) is 7.38. The van der Waals surface area contributed by atoms with Crippen LogP contribution >= 0.6 is 11.6 Å². The Morgan fingerprint density at radius 3 is 2.59 bits per heavy atom. The van der Waals surface area contributed by atoms with E-state index >= 15 is 4.39 Å². The van der Waals surface area contributed by atoms with Crippen LogP contribution in [0.4, 0.5) is 14.6 Å². The number of benzene rings is 2. The van der Waals surface area contributed by atoms with Crippen molar-refractivity contribution in [3.8, 4) is 22.9 Å². The van der Waals surface area contributed by atoms with Crippen LogP contribution < -0.4 is 9.64 Å². The van der Waals surface area contributed by atoms with E-state index in [1.54, 1.807) is 4.90 Å². The molecule has 0 bridgehead atoms. The first-order valence-electron chi connectivity index (χ1n) is 12.7. The van der Waals surface area contributed by atoms with Gasteiger partial charge >= 0.3 is 6.01 Å². The van der Waals surface area contributed by atoms with Gasteiger partial charge in [0.2, 0.25) is 5.91 Å². The molecule has 3 heterocycles. The quantitative estimate of drug-likeness (QED) is 0.421. The second-order valence-corrected chi connectivity index (χ2v) is 9.84. The monoisotopic (exact) mass is 555 g/mol. The highest BCUT2D eigenvalue weighted by Crippen LogP contribution is 2.42. The Kier molecular flexibility index (Phi) is 7.56. The molecule has 2 aliphatic rings. The number of aromatic nitrogens is 2. The molecule has 8 nitrogen and oxygen atoms in total. The summed E-state index contributed by atoms with van der Waals surface area (Å²) >= 11 is 6.49. The maximum absolute atomic E-state index is 16.1. The van der Waals surface area contributed by atoms with Crippen LogP contribution in [0.5, 0.6) is 11.8 Å². The highest BCUT2D eigenvalue weighted by molar-refractivity contribution is 6.34. The molecule has 0 atom stereocenters. The van der Waals surface area contributed by atoms with Gasteiger partial charge in [-0.15, -0.1) is 0 Å². The van der Waals surface area contributed by atoms with Crippen molar-refractivity contribution >= 4 is 34.2 Å². The van der Waals surface area contributed by atoms with Crippen LogP contribution in [0.15, 0.2) is 49.2 Å². The van der Waals surface area contributed by atoms with E-state index in [9.17, 15) is 14.3 Å². The molecule has 2 aliphatic heterocycles. The van der Waals surface area contributed by atoms with E-state index in [-0.39, 0.29) is 40.2 Å². The van der Waals surface area contributed by atoms with Crippen molar-refractivity contribution in [2.24, 2.45) is 0 Å². The number of piperazine rings is 1. The van der Waals surface area contributed by atoms with Gasteiger partial charge in [-0.05, 0) is 37.1 Å². The SMILES string of the molecule is C=CC(=O)N1CCN(c2nc(OCCN3CCCC3=C)nc3c(F)c(-c4c(O)cccc4F)c(Cl)cc23)CC1. The van der Waals surface area contributed by atoms with Crippen molar-refractivity contribution in [2.75, 3.05) is 50.8 Å². The minimum Gasteiger partial charge on any atom is -0.507 e. The molecule has 0 saturated carbocycles. The largest absolute Gasteiger partial charge is 0.507 e. The van der Waals surface area contributed by atoms with Crippen LogP contribution in [0, 0.1) is 11.6 Å². The Bertz CT molecular complexity index is 1440. The smallest absolute Gasteiger partial charge is 0.319 e. The number of hydrogen-bond donors (Lipinski definition) is 1. The molecule has 5 rings (SSSR count). The molecule has 39 heavy (non-hydrogen) atoms. The van der Waals surface area contributed by atoms with Crippen LogP contribution in [0.2, 0.25) is 5.02 Å². The van der Waals surface area contributed by atoms with Gasteiger partial charge < -0.3 is 24.5 Å². The Morgan fingerprint density at radius 1 is 1.15 bits per heavy atom. The van der Waals surface area contributed by atoms with Gasteiger partial charge in [-0.2, -0.15) is 9.97 Å². The molecule has 1 amide bonds. The van der Waals surface area contributed by atoms with Gasteiger partial charge in [-0.3, -0.25) is 4.79 Å². The number of halogens is 3. The topological polar surface area (TPSA) is 82.0 Å². The van der Waals surface area contributed by atoms with Crippen LogP contribution in [-0.2, 0) is 4.79 Å². The fraction of sp³-hybridized carbons (Fsp3) is 0.321. The first kappa shape index (κ1) is 26.7. The van der Waals surface area contributed by atoms with Crippen LogP contribution in [0.25, 0.3) is 22.0 Å². The number of amides is 1. The van der Waals surface area contributed by atoms with Crippen molar-refractivity contribution in [1.82, 2.24) is 19.8 Å². The number of carbonyl (C=O) groups excluding carboxylic acids is 1. The maximum Gasteiger partial charge on any atom is 0.319 e. The van der Waals surface area contributed by atoms with Crippen molar-refractivity contribution in [3.05, 3.63) is 65.9 Å². The van der Waals surface area contributed by atoms with Gasteiger partial charge in [-0.1, -0.05) is 30.8 Å². The van der Waals surface area contributed by atoms with Crippen molar-refractivity contribution in [2.45, 2.75) is 12.8 Å². The van der Waals surface area contributed by atoms with Crippen molar-refractivity contribution < 1.29 is 23.4 Å². The zero-order valence-corrected chi connectivity index (χ0v) is 22.1. The molecule has 0 aliphatic carbocycles. The predicted molar refractivity (Wildman–Crippen MR) is 146 cm³/mol. The summed E-state index contributed by atoms with van der Waals surface area (Å²) in [7, 11) is 0. The predicted octanol–water partition coefficient (Wildman–Crippen LogP) is 4.76. The van der Waals surface area contributed by atoms with E-state index in [0.717, 1.165) is 31.1 Å². The number of likely N-dealkylation sites (tertiary alicyclic amines) is 1. The number of carbonyl (C=O) groups is 1. The lowest BCUT2D eigenvalue weighted by molar-refractivity contribution is -0.126. The molecule has 0 unspecified atom stereocenters. The fourth-order valence-electron chi connectivity index (χ4n) is 5.03. The molecular formula is C28H28ClF2N5O3. The Hall–Kier alpha value is -3.92. The third-order valence-electron chi connectivity index (χ3n) is 7.08. The minimum absolute atomic E-state index is 0.0446. The number of rotatable bonds is 7. The number of ether oxygens (including phenoxy) is 1. The first-order chi connectivity index (χ1) is 18.8. The number of aromatic hydroxyl groups is 1. The van der Waals surface area contributed by atoms with Crippen molar-refractivity contribution in [3.63, 3.8) is 0 Å². The summed E-state index contributed by atoms with van der Waals surface area (Å²) in [5, 5.41) is 10.5. The number of nitrogens with zero attached hydrogens (tertiary/aromatic N) is 5. The van der Waals surface area contributed by atoms with Crippen LogP contribution in [0.1, 0.15) is 12.8 Å². The van der Waals surface area contributed by atoms with E-state index in [2.05, 4.69) is 28.0 Å². The van der Waals surface area contributed by atoms with Gasteiger partial charge in [0.05, 0.1) is 17.1 Å². The van der Waals surface area contributed by atoms with E-state index in [0.29, 0.717) is 43.9 Å². The summed E-state index contributed by atoms with van der Waals surface area (Å²) in [4.78, 5) is 26.7. The number of fused-ring (bicyclic) bond motifs is 1. The lowest BCUT2D eigenvalue weighted by Crippen LogP contribution is -2.48. The fourth-order valence-corrected chi connectivity index (χ4v) is 5.32. The molecule has 11 heteroatoms. The van der Waals surface area contributed by atoms with Crippen molar-refractivity contribution in [1.29, 1.82) is 0 Å². The number of anilines is 1. The minimum atomic E-state index is -0.903. The summed E-state index contributed by atoms with van der Waals surface area (Å²) < 4.78 is 36.7. The number of phenolic OH excluding ortho intramolecular Hbond substituents is 1. The van der Waals surface area contributed by atoms with E-state index in [4.69, 9.17) is 16.3 Å². The van der Waals surface area contributed by atoms with Crippen LogP contribution in [-0.4, -0.2) is 76.7 Å². The van der Waals surface area contributed by atoms with Gasteiger partial charge in [-0.25, -0.2) is 8.78 Å². The Morgan fingerprint density at radius 2 is 1.92 bits per heavy atom. The molecule has 2 saturated heterocycles. The maximum atomic E-state index is 16.1. The molecule has 0 radical (unpaired) electrons. The van der Waals surface area contributed by atoms with Gasteiger partial charge in [0, 0.05) is 49.4 Å². The Labute approximate surface area is 229 Å². The lowest BCUT2D eigenvalue weighted by Gasteiger charge is -2.35. The van der Waals surface area contributed by atoms with E-state index < -0.39 is 17.4 Å². The van der Waals surface area contributed by atoms with E-state index in [1.807, 2.05) is 4.90 Å². The molecular weight excluding hydrogens is 528 g/mol. The highest BCUT2D eigenvalue weighted by atomic mass is 35.5. The number of phenols is 1. The van der Waals surface area contributed by atoms with Gasteiger partial charge in [0.15, 0.2) is 5.82 Å². The molecule has 2 fully saturated rings.